The molecule has 0 aliphatic rings. The molecule has 0 N–H and O–H groups in total. The molecule has 3 rings (SSSR count). The van der Waals surface area contributed by atoms with E-state index in [0.29, 0.717) is 11.5 Å². The average molecular weight is 273 g/mol. The van der Waals surface area contributed by atoms with Crippen LogP contribution in [0.5, 0.6) is 0 Å². The summed E-state index contributed by atoms with van der Waals surface area (Å²) in [6.07, 6.45) is 2.83. The van der Waals surface area contributed by atoms with Gasteiger partial charge in [-0.1, -0.05) is 5.16 Å². The number of aliphatic imine (C=N–C) groups is 1. The Morgan fingerprint density at radius 1 is 1.35 bits per heavy atom. The molecule has 3 heterocycles. The molecule has 0 aliphatic carbocycles. The van der Waals surface area contributed by atoms with Crippen LogP contribution in [0.3, 0.4) is 0 Å². The summed E-state index contributed by atoms with van der Waals surface area (Å²) in [5.74, 6) is 0.687. The summed E-state index contributed by atoms with van der Waals surface area (Å²) >= 11 is 0. The SMILES string of the molecule is O=[N+]([O-])c1ccc(C=Nc2cc(-c3ccco3)no2)o1. The molecule has 0 unspecified atom stereocenters. The highest BCUT2D eigenvalue weighted by molar-refractivity contribution is 5.78. The highest BCUT2D eigenvalue weighted by Gasteiger charge is 2.11. The maximum Gasteiger partial charge on any atom is 0.433 e. The van der Waals surface area contributed by atoms with E-state index < -0.39 is 4.92 Å². The Morgan fingerprint density at radius 3 is 2.95 bits per heavy atom. The Balaban J connectivity index is 1.77. The van der Waals surface area contributed by atoms with Crippen LogP contribution in [0.1, 0.15) is 5.76 Å². The molecule has 0 radical (unpaired) electrons. The number of hydrogen-bond acceptors (Lipinski definition) is 7. The van der Waals surface area contributed by atoms with Crippen LogP contribution in [0.15, 0.2) is 54.9 Å². The van der Waals surface area contributed by atoms with Gasteiger partial charge < -0.3 is 13.4 Å². The van der Waals surface area contributed by atoms with Gasteiger partial charge in [-0.15, -0.1) is 0 Å². The molecular weight excluding hydrogens is 266 g/mol. The van der Waals surface area contributed by atoms with Crippen LogP contribution in [0, 0.1) is 10.1 Å². The van der Waals surface area contributed by atoms with Crippen LogP contribution in [-0.2, 0) is 0 Å². The summed E-state index contributed by atoms with van der Waals surface area (Å²) in [5, 5.41) is 14.2. The first-order valence-electron chi connectivity index (χ1n) is 5.51. The highest BCUT2D eigenvalue weighted by Crippen LogP contribution is 2.23. The minimum atomic E-state index is -0.624. The van der Waals surface area contributed by atoms with Gasteiger partial charge in [-0.3, -0.25) is 10.1 Å². The third kappa shape index (κ3) is 2.34. The summed E-state index contributed by atoms with van der Waals surface area (Å²) in [6.45, 7) is 0. The number of aromatic nitrogens is 1. The van der Waals surface area contributed by atoms with Crippen LogP contribution in [0.4, 0.5) is 11.8 Å². The van der Waals surface area contributed by atoms with Gasteiger partial charge in [0.1, 0.15) is 4.92 Å². The lowest BCUT2D eigenvalue weighted by Crippen LogP contribution is -1.83. The zero-order valence-corrected chi connectivity index (χ0v) is 9.92. The first-order chi connectivity index (χ1) is 9.72. The van der Waals surface area contributed by atoms with Gasteiger partial charge in [-0.25, -0.2) is 4.99 Å². The minimum Gasteiger partial charge on any atom is -0.463 e. The molecular formula is C12H7N3O5. The fourth-order valence-corrected chi connectivity index (χ4v) is 1.50. The predicted molar refractivity (Wildman–Crippen MR) is 66.8 cm³/mol. The second kappa shape index (κ2) is 4.84. The second-order valence-electron chi connectivity index (χ2n) is 3.72. The van der Waals surface area contributed by atoms with Gasteiger partial charge in [0.05, 0.1) is 18.5 Å². The molecule has 0 atom stereocenters. The molecule has 100 valence electrons. The predicted octanol–water partition coefficient (Wildman–Crippen LogP) is 3.19. The Hall–Kier alpha value is -3.16. The molecule has 8 heteroatoms. The molecule has 0 bridgehead atoms. The fourth-order valence-electron chi connectivity index (χ4n) is 1.50. The lowest BCUT2D eigenvalue weighted by molar-refractivity contribution is -0.402. The largest absolute Gasteiger partial charge is 0.463 e. The number of hydrogen-bond donors (Lipinski definition) is 0. The van der Waals surface area contributed by atoms with Crippen LogP contribution >= 0.6 is 0 Å². The van der Waals surface area contributed by atoms with Gasteiger partial charge in [-0.05, 0) is 18.2 Å². The zero-order valence-electron chi connectivity index (χ0n) is 9.92. The third-order valence-electron chi connectivity index (χ3n) is 2.38. The topological polar surface area (TPSA) is 108 Å². The summed E-state index contributed by atoms with van der Waals surface area (Å²) < 4.78 is 15.1. The van der Waals surface area contributed by atoms with Crippen LogP contribution in [0.2, 0.25) is 0 Å². The van der Waals surface area contributed by atoms with E-state index in [-0.39, 0.29) is 17.5 Å². The van der Waals surface area contributed by atoms with E-state index in [1.807, 2.05) is 0 Å². The molecule has 0 spiro atoms. The van der Waals surface area contributed by atoms with Crippen molar-refractivity contribution >= 4 is 18.0 Å². The van der Waals surface area contributed by atoms with E-state index >= 15 is 0 Å². The molecule has 0 fully saturated rings. The monoisotopic (exact) mass is 273 g/mol. The van der Waals surface area contributed by atoms with Crippen molar-refractivity contribution in [1.82, 2.24) is 5.16 Å². The first-order valence-corrected chi connectivity index (χ1v) is 5.51. The maximum absolute atomic E-state index is 10.5. The standard InChI is InChI=1S/C12H7N3O5/c16-15(17)12-4-3-8(19-12)7-13-11-6-9(14-20-11)10-2-1-5-18-10/h1-7H. The average Bonchev–Trinajstić information content (AvgIpc) is 3.17. The minimum absolute atomic E-state index is 0.232. The molecule has 3 aromatic heterocycles. The fraction of sp³-hybridized carbons (Fsp3) is 0. The van der Waals surface area contributed by atoms with Gasteiger partial charge in [0.25, 0.3) is 5.88 Å². The summed E-state index contributed by atoms with van der Waals surface area (Å²) in [5.41, 5.74) is 0.507. The number of furan rings is 2. The lowest BCUT2D eigenvalue weighted by Gasteiger charge is -1.83. The third-order valence-corrected chi connectivity index (χ3v) is 2.38. The van der Waals surface area contributed by atoms with E-state index in [2.05, 4.69) is 10.1 Å². The molecule has 20 heavy (non-hydrogen) atoms. The number of nitrogens with zero attached hydrogens (tertiary/aromatic N) is 3. The van der Waals surface area contributed by atoms with Crippen LogP contribution in [-0.4, -0.2) is 16.3 Å². The van der Waals surface area contributed by atoms with Gasteiger partial charge in [0.15, 0.2) is 17.2 Å². The summed E-state index contributed by atoms with van der Waals surface area (Å²) in [7, 11) is 0. The van der Waals surface area contributed by atoms with Crippen molar-refractivity contribution in [3.05, 3.63) is 52.5 Å². The Bertz CT molecular complexity index is 754. The summed E-state index contributed by atoms with van der Waals surface area (Å²) in [4.78, 5) is 13.8. The van der Waals surface area contributed by atoms with E-state index in [0.717, 1.165) is 0 Å². The van der Waals surface area contributed by atoms with Crippen molar-refractivity contribution in [1.29, 1.82) is 0 Å². The van der Waals surface area contributed by atoms with Crippen molar-refractivity contribution < 1.29 is 18.3 Å². The van der Waals surface area contributed by atoms with Crippen molar-refractivity contribution in [2.24, 2.45) is 4.99 Å². The summed E-state index contributed by atoms with van der Waals surface area (Å²) in [6, 6.07) is 7.73. The van der Waals surface area contributed by atoms with Crippen LogP contribution < -0.4 is 0 Å². The number of nitro groups is 1. The highest BCUT2D eigenvalue weighted by atomic mass is 16.6. The molecule has 0 saturated carbocycles. The van der Waals surface area contributed by atoms with Gasteiger partial charge >= 0.3 is 5.88 Å². The second-order valence-corrected chi connectivity index (χ2v) is 3.72. The zero-order chi connectivity index (χ0) is 13.9. The normalized spacial score (nSPS) is 11.2. The molecule has 0 aromatic carbocycles. The Labute approximate surface area is 111 Å². The van der Waals surface area contributed by atoms with Gasteiger partial charge in [-0.2, -0.15) is 0 Å². The Kier molecular flexibility index (Phi) is 2.88. The number of rotatable bonds is 4. The van der Waals surface area contributed by atoms with Crippen molar-refractivity contribution in [2.45, 2.75) is 0 Å². The maximum atomic E-state index is 10.5. The van der Waals surface area contributed by atoms with E-state index in [4.69, 9.17) is 13.4 Å². The van der Waals surface area contributed by atoms with Crippen LogP contribution in [0.25, 0.3) is 11.5 Å². The molecule has 0 saturated heterocycles. The van der Waals surface area contributed by atoms with Gasteiger partial charge in [0, 0.05) is 6.07 Å². The lowest BCUT2D eigenvalue weighted by atomic mass is 10.3. The van der Waals surface area contributed by atoms with Crippen molar-refractivity contribution in [3.63, 3.8) is 0 Å². The molecule has 0 aliphatic heterocycles. The molecule has 8 nitrogen and oxygen atoms in total. The van der Waals surface area contributed by atoms with Crippen molar-refractivity contribution in [3.8, 4) is 11.5 Å². The first kappa shape index (κ1) is 11.9. The molecule has 0 amide bonds. The van der Waals surface area contributed by atoms with E-state index in [1.165, 1.54) is 24.6 Å². The van der Waals surface area contributed by atoms with E-state index in [9.17, 15) is 10.1 Å². The molecule has 3 aromatic rings. The van der Waals surface area contributed by atoms with Gasteiger partial charge in [0.2, 0.25) is 0 Å². The van der Waals surface area contributed by atoms with E-state index in [1.54, 1.807) is 18.2 Å². The smallest absolute Gasteiger partial charge is 0.433 e. The Morgan fingerprint density at radius 2 is 2.25 bits per heavy atom. The quantitative estimate of drug-likeness (QED) is 0.410. The van der Waals surface area contributed by atoms with Crippen molar-refractivity contribution in [2.75, 3.05) is 0 Å².